The van der Waals surface area contributed by atoms with Gasteiger partial charge in [-0.2, -0.15) is 0 Å². The number of hydrogen-bond donors (Lipinski definition) is 4. The third-order valence-electron chi connectivity index (χ3n) is 11.2. The molecule has 2 amide bonds. The van der Waals surface area contributed by atoms with Crippen molar-refractivity contribution >= 4 is 34.9 Å². The number of rotatable bonds is 18. The van der Waals surface area contributed by atoms with Gasteiger partial charge in [-0.3, -0.25) is 43.9 Å². The van der Waals surface area contributed by atoms with E-state index in [9.17, 15) is 28.8 Å². The monoisotopic (exact) mass is 951 g/mol. The minimum atomic E-state index is -0.455. The summed E-state index contributed by atoms with van der Waals surface area (Å²) >= 11 is 0. The predicted molar refractivity (Wildman–Crippen MR) is 283 cm³/mol. The van der Waals surface area contributed by atoms with Crippen LogP contribution >= 0.6 is 0 Å². The fourth-order valence-electron chi connectivity index (χ4n) is 8.00. The van der Waals surface area contributed by atoms with Gasteiger partial charge in [0, 0.05) is 32.0 Å². The van der Waals surface area contributed by atoms with E-state index in [0.717, 1.165) is 52.0 Å². The molecule has 6 unspecified atom stereocenters. The maximum absolute atomic E-state index is 12.4. The summed E-state index contributed by atoms with van der Waals surface area (Å²) in [6.07, 6.45) is 10.3. The predicted octanol–water partition coefficient (Wildman–Crippen LogP) is 8.31. The molecule has 0 aliphatic carbocycles. The van der Waals surface area contributed by atoms with Gasteiger partial charge in [-0.1, -0.05) is 87.1 Å². The number of ether oxygens (including phenoxy) is 1. The molecule has 15 heteroatoms. The largest absolute Gasteiger partial charge is 0.357 e. The van der Waals surface area contributed by atoms with E-state index in [-0.39, 0.29) is 120 Å². The zero-order valence-corrected chi connectivity index (χ0v) is 38.3. The number of amides is 2. The normalized spacial score (nSPS) is 20.3. The van der Waals surface area contributed by atoms with Crippen LogP contribution in [0.1, 0.15) is 179 Å². The Kier molecular flexibility index (Phi) is 53.1. The molecule has 4 heterocycles. The Hall–Kier alpha value is -2.66. The van der Waals surface area contributed by atoms with Crippen LogP contribution < -0.4 is 21.3 Å². The van der Waals surface area contributed by atoms with Gasteiger partial charge >= 0.3 is 0 Å². The Bertz CT molecular complexity index is 1270. The van der Waals surface area contributed by atoms with Gasteiger partial charge in [0.2, 0.25) is 11.8 Å². The molecule has 0 aromatic carbocycles. The highest BCUT2D eigenvalue weighted by Crippen LogP contribution is 2.23. The van der Waals surface area contributed by atoms with Crippen molar-refractivity contribution in [2.75, 3.05) is 74.3 Å². The lowest BCUT2D eigenvalue weighted by Crippen LogP contribution is -2.47. The Morgan fingerprint density at radius 3 is 1.44 bits per heavy atom. The first-order chi connectivity index (χ1) is 27.4. The molecule has 15 nitrogen and oxygen atoms in total. The highest BCUT2D eigenvalue weighted by atomic mass is 16.5. The molecule has 0 spiro atoms. The van der Waals surface area contributed by atoms with E-state index in [2.05, 4.69) is 44.9 Å². The summed E-state index contributed by atoms with van der Waals surface area (Å²) in [5.41, 5.74) is 0. The summed E-state index contributed by atoms with van der Waals surface area (Å²) in [4.78, 5) is 76.6. The molecule has 0 aromatic rings. The molecule has 66 heavy (non-hydrogen) atoms. The van der Waals surface area contributed by atoms with Crippen LogP contribution in [0.2, 0.25) is 0 Å². The van der Waals surface area contributed by atoms with Gasteiger partial charge in [0.25, 0.3) is 0 Å². The first-order valence-electron chi connectivity index (χ1n) is 21.7. The summed E-state index contributed by atoms with van der Waals surface area (Å²) in [5, 5.41) is 12.7. The molecule has 4 N–H and O–H groups in total. The van der Waals surface area contributed by atoms with Gasteiger partial charge in [0.1, 0.15) is 36.0 Å². The van der Waals surface area contributed by atoms with Crippen molar-refractivity contribution < 1.29 is 33.5 Å². The average molecular weight is 952 g/mol. The highest BCUT2D eigenvalue weighted by molar-refractivity contribution is 6.00. The minimum absolute atomic E-state index is 0. The lowest BCUT2D eigenvalue weighted by molar-refractivity contribution is -0.142. The van der Waals surface area contributed by atoms with E-state index in [1.54, 1.807) is 20.9 Å². The van der Waals surface area contributed by atoms with Crippen molar-refractivity contribution in [1.82, 2.24) is 40.9 Å². The number of nitrogens with zero attached hydrogens (tertiary/aromatic N) is 4. The Morgan fingerprint density at radius 2 is 1.02 bits per heavy atom. The second-order valence-electron chi connectivity index (χ2n) is 17.1. The second kappa shape index (κ2) is 43.6. The fourth-order valence-corrected chi connectivity index (χ4v) is 8.00. The summed E-state index contributed by atoms with van der Waals surface area (Å²) in [6.45, 7) is 20.4. The van der Waals surface area contributed by atoms with E-state index in [1.165, 1.54) is 44.4 Å². The number of carbonyl (C=O) groups is 6. The van der Waals surface area contributed by atoms with Gasteiger partial charge in [-0.25, -0.2) is 0 Å². The van der Waals surface area contributed by atoms with E-state index in [0.29, 0.717) is 49.4 Å². The van der Waals surface area contributed by atoms with E-state index in [1.807, 2.05) is 39.9 Å². The topological polar surface area (TPSA) is 173 Å². The van der Waals surface area contributed by atoms with Crippen LogP contribution in [0.15, 0.2) is 0 Å². The Balaban J connectivity index is -0.000000110. The van der Waals surface area contributed by atoms with Crippen molar-refractivity contribution in [3.8, 4) is 0 Å². The number of Topliss-reactive ketones (excluding diaryl/α,β-unsaturated/α-hetero) is 4. The highest BCUT2D eigenvalue weighted by Gasteiger charge is 2.35. The van der Waals surface area contributed by atoms with E-state index in [4.69, 9.17) is 4.74 Å². The maximum atomic E-state index is 12.4. The quantitative estimate of drug-likeness (QED) is 0.0968. The van der Waals surface area contributed by atoms with Crippen LogP contribution in [-0.2, 0) is 33.5 Å². The molecule has 4 saturated heterocycles. The second-order valence-corrected chi connectivity index (χ2v) is 17.1. The summed E-state index contributed by atoms with van der Waals surface area (Å²) in [5.74, 6) is 1.06. The number of nitrogens with one attached hydrogen (secondary N) is 4. The molecule has 4 rings (SSSR count). The molecule has 4 aliphatic rings. The molecule has 4 aliphatic heterocycles. The number of carbonyl (C=O) groups excluding carboxylic acids is 6. The maximum Gasteiger partial charge on any atom is 0.234 e. The number of likely N-dealkylation sites (N-methyl/N-ethyl adjacent to an activating group) is 1. The molecule has 400 valence electrons. The van der Waals surface area contributed by atoms with Crippen molar-refractivity contribution in [3.05, 3.63) is 0 Å². The van der Waals surface area contributed by atoms with Crippen LogP contribution in [0.25, 0.3) is 0 Å². The molecular weight excluding hydrogens is 837 g/mol. The molecule has 0 aromatic heterocycles. The molecular formula is C51H114N8O7. The molecule has 4 fully saturated rings. The van der Waals surface area contributed by atoms with Gasteiger partial charge in [-0.15, -0.1) is 0 Å². The summed E-state index contributed by atoms with van der Waals surface area (Å²) < 4.78 is 5.09. The van der Waals surface area contributed by atoms with Crippen LogP contribution in [0.3, 0.4) is 0 Å². The number of hydrogen-bond acceptors (Lipinski definition) is 13. The van der Waals surface area contributed by atoms with Crippen LogP contribution in [-0.4, -0.2) is 153 Å². The van der Waals surface area contributed by atoms with E-state index >= 15 is 0 Å². The SMILES string of the molecule is C.C.C.C.C.C.C.C.CNC1CCCN1C(=O)C(CC(C)C)C(C)=O.CNC1CCCN1CC(CC(C)C)C(C)=O.CNC1CCCN1CCC(C)=O.CNC1COCN1C(=O)CC(C)=O. The molecule has 0 saturated carbocycles. The van der Waals surface area contributed by atoms with E-state index < -0.39 is 5.92 Å². The number of likely N-dealkylation sites (tertiary alicyclic amines) is 3. The standard InChI is InChI=1S/C13H24N2O2.C13H26N2O.C9H18N2O.C8H14N2O3.8CH4/c1-9(2)8-11(10(3)16)13(17)15-7-5-6-12(15)14-4;1-10(2)8-12(11(3)16)9-15-7-5-6-13(15)14-4;1-8(12)5-7-11-6-3-4-9(11)10-2;1-6(11)3-8(12)10-5-13-4-7(10)9-2;;;;;;;;/h9,11-12,14H,5-8H2,1-4H3;10,12-14H,5-9H2,1-4H3;9-10H,3-7H2,1-2H3;7,9H,3-5H2,1-2H3;8*1H4. The molecule has 0 bridgehead atoms. The summed E-state index contributed by atoms with van der Waals surface area (Å²) in [6, 6.07) is 0. The lowest BCUT2D eigenvalue weighted by Gasteiger charge is -2.28. The smallest absolute Gasteiger partial charge is 0.234 e. The van der Waals surface area contributed by atoms with Gasteiger partial charge in [-0.05, 0) is 132 Å². The van der Waals surface area contributed by atoms with Gasteiger partial charge in [0.05, 0.1) is 37.4 Å². The minimum Gasteiger partial charge on any atom is -0.357 e. The Morgan fingerprint density at radius 1 is 0.561 bits per heavy atom. The lowest BCUT2D eigenvalue weighted by atomic mass is 9.92. The number of ketones is 4. The van der Waals surface area contributed by atoms with Gasteiger partial charge in [0.15, 0.2) is 0 Å². The van der Waals surface area contributed by atoms with Crippen LogP contribution in [0, 0.1) is 23.7 Å². The van der Waals surface area contributed by atoms with Crippen molar-refractivity contribution in [3.63, 3.8) is 0 Å². The zero-order chi connectivity index (χ0) is 43.9. The Labute approximate surface area is 409 Å². The zero-order valence-electron chi connectivity index (χ0n) is 38.3. The molecule has 6 atom stereocenters. The third-order valence-corrected chi connectivity index (χ3v) is 11.2. The third kappa shape index (κ3) is 30.0. The van der Waals surface area contributed by atoms with Crippen molar-refractivity contribution in [1.29, 1.82) is 0 Å². The fraction of sp³-hybridized carbons (Fsp3) is 0.882. The van der Waals surface area contributed by atoms with Crippen molar-refractivity contribution in [2.24, 2.45) is 23.7 Å². The summed E-state index contributed by atoms with van der Waals surface area (Å²) in [7, 11) is 7.61. The molecule has 0 radical (unpaired) electrons. The first kappa shape index (κ1) is 80.4. The average Bonchev–Trinajstić information content (AvgIpc) is 3.99. The van der Waals surface area contributed by atoms with Crippen LogP contribution in [0.4, 0.5) is 0 Å². The van der Waals surface area contributed by atoms with Gasteiger partial charge < -0.3 is 30.5 Å². The van der Waals surface area contributed by atoms with Crippen molar-refractivity contribution in [2.45, 2.75) is 204 Å². The first-order valence-corrected chi connectivity index (χ1v) is 21.7. The van der Waals surface area contributed by atoms with Crippen LogP contribution in [0.5, 0.6) is 0 Å².